The number of nitrogens with one attached hydrogen (secondary N) is 2. The fourth-order valence-electron chi connectivity index (χ4n) is 2.63. The van der Waals surface area contributed by atoms with E-state index in [1.165, 1.54) is 0 Å². The van der Waals surface area contributed by atoms with Crippen LogP contribution in [-0.2, 0) is 4.74 Å². The number of carbonyl (C=O) groups excluding carboxylic acids is 1. The summed E-state index contributed by atoms with van der Waals surface area (Å²) in [5.74, 6) is 0.950. The first-order chi connectivity index (χ1) is 11.9. The van der Waals surface area contributed by atoms with Gasteiger partial charge in [0, 0.05) is 24.8 Å². The number of aliphatic hydroxyl groups is 1. The van der Waals surface area contributed by atoms with E-state index in [9.17, 15) is 4.79 Å². The van der Waals surface area contributed by atoms with Crippen LogP contribution in [0.25, 0.3) is 0 Å². The summed E-state index contributed by atoms with van der Waals surface area (Å²) >= 11 is 0. The lowest BCUT2D eigenvalue weighted by molar-refractivity contribution is 0.0469. The molecule has 1 heterocycles. The minimum Gasteiger partial charge on any atom is -0.474 e. The van der Waals surface area contributed by atoms with E-state index in [0.717, 1.165) is 25.7 Å². The van der Waals surface area contributed by atoms with Crippen molar-refractivity contribution in [1.82, 2.24) is 15.3 Å². The zero-order valence-corrected chi connectivity index (χ0v) is 15.1. The Morgan fingerprint density at radius 2 is 2.04 bits per heavy atom. The topological polar surface area (TPSA) is 106 Å². The predicted octanol–water partition coefficient (Wildman–Crippen LogP) is 2.10. The first-order valence-electron chi connectivity index (χ1n) is 8.69. The van der Waals surface area contributed by atoms with E-state index >= 15 is 0 Å². The molecule has 8 heteroatoms. The van der Waals surface area contributed by atoms with Gasteiger partial charge in [-0.3, -0.25) is 0 Å². The van der Waals surface area contributed by atoms with Gasteiger partial charge in [0.25, 0.3) is 0 Å². The quantitative estimate of drug-likeness (QED) is 0.720. The summed E-state index contributed by atoms with van der Waals surface area (Å²) in [6.45, 7) is 5.96. The molecule has 0 bridgehead atoms. The Bertz CT molecular complexity index is 554. The van der Waals surface area contributed by atoms with Crippen molar-refractivity contribution in [3.05, 3.63) is 12.3 Å². The van der Waals surface area contributed by atoms with Crippen molar-refractivity contribution in [2.24, 2.45) is 0 Å². The molecule has 3 N–H and O–H groups in total. The lowest BCUT2D eigenvalue weighted by Crippen LogP contribution is -2.42. The fourth-order valence-corrected chi connectivity index (χ4v) is 2.63. The summed E-state index contributed by atoms with van der Waals surface area (Å²) in [5, 5.41) is 14.6. The number of rotatable bonds is 6. The molecule has 0 aromatic carbocycles. The normalized spacial score (nSPS) is 20.6. The van der Waals surface area contributed by atoms with Crippen molar-refractivity contribution < 1.29 is 19.4 Å². The van der Waals surface area contributed by atoms with E-state index < -0.39 is 5.60 Å². The number of carbonyl (C=O) groups is 1. The molecule has 0 unspecified atom stereocenters. The number of aliphatic hydroxyl groups excluding tert-OH is 1. The van der Waals surface area contributed by atoms with E-state index in [0.29, 0.717) is 18.4 Å². The molecular weight excluding hydrogens is 324 g/mol. The van der Waals surface area contributed by atoms with Crippen LogP contribution >= 0.6 is 0 Å². The molecule has 25 heavy (non-hydrogen) atoms. The van der Waals surface area contributed by atoms with E-state index in [-0.39, 0.29) is 24.8 Å². The molecule has 1 aliphatic carbocycles. The average Bonchev–Trinajstić information content (AvgIpc) is 2.53. The van der Waals surface area contributed by atoms with Crippen molar-refractivity contribution in [3.63, 3.8) is 0 Å². The zero-order chi connectivity index (χ0) is 18.3. The number of alkyl carbamates (subject to hydrolysis) is 1. The number of amides is 1. The highest BCUT2D eigenvalue weighted by molar-refractivity contribution is 5.68. The third kappa shape index (κ3) is 7.13. The van der Waals surface area contributed by atoms with Gasteiger partial charge in [0.05, 0.1) is 6.61 Å². The predicted molar refractivity (Wildman–Crippen MR) is 93.6 cm³/mol. The fraction of sp³-hybridized carbons (Fsp3) is 0.706. The molecule has 1 amide bonds. The second kappa shape index (κ2) is 8.84. The van der Waals surface area contributed by atoms with Gasteiger partial charge in [-0.15, -0.1) is 0 Å². The third-order valence-corrected chi connectivity index (χ3v) is 3.71. The second-order valence-electron chi connectivity index (χ2n) is 7.11. The highest BCUT2D eigenvalue weighted by atomic mass is 16.6. The zero-order valence-electron chi connectivity index (χ0n) is 15.1. The smallest absolute Gasteiger partial charge is 0.407 e. The van der Waals surface area contributed by atoms with Crippen LogP contribution in [0, 0.1) is 0 Å². The Morgan fingerprint density at radius 1 is 1.32 bits per heavy atom. The molecule has 140 valence electrons. The van der Waals surface area contributed by atoms with Gasteiger partial charge in [0.1, 0.15) is 11.7 Å². The van der Waals surface area contributed by atoms with Crippen LogP contribution in [0.2, 0.25) is 0 Å². The number of anilines is 1. The summed E-state index contributed by atoms with van der Waals surface area (Å²) in [6, 6.07) is 1.83. The van der Waals surface area contributed by atoms with Crippen LogP contribution in [0.5, 0.6) is 5.88 Å². The van der Waals surface area contributed by atoms with Gasteiger partial charge in [0.15, 0.2) is 0 Å². The highest BCUT2D eigenvalue weighted by Crippen LogP contribution is 2.23. The summed E-state index contributed by atoms with van der Waals surface area (Å²) in [5.41, 5.74) is -0.487. The molecule has 0 atom stereocenters. The monoisotopic (exact) mass is 352 g/mol. The molecule has 1 aliphatic rings. The van der Waals surface area contributed by atoms with Gasteiger partial charge >= 0.3 is 6.09 Å². The van der Waals surface area contributed by atoms with E-state index in [4.69, 9.17) is 14.6 Å². The summed E-state index contributed by atoms with van der Waals surface area (Å²) in [7, 11) is 0. The van der Waals surface area contributed by atoms with Gasteiger partial charge < -0.3 is 25.2 Å². The SMILES string of the molecule is CC(C)(C)OC(=O)NC1CCC(Oc2ccnc(NCCO)n2)CC1. The van der Waals surface area contributed by atoms with E-state index in [2.05, 4.69) is 20.6 Å². The molecule has 0 spiro atoms. The van der Waals surface area contributed by atoms with Crippen molar-refractivity contribution in [2.75, 3.05) is 18.5 Å². The molecule has 0 saturated heterocycles. The van der Waals surface area contributed by atoms with Crippen LogP contribution in [-0.4, -0.2) is 52.1 Å². The lowest BCUT2D eigenvalue weighted by atomic mass is 9.93. The van der Waals surface area contributed by atoms with Crippen LogP contribution in [0.15, 0.2) is 12.3 Å². The van der Waals surface area contributed by atoms with Gasteiger partial charge in [-0.25, -0.2) is 9.78 Å². The number of hydrogen-bond donors (Lipinski definition) is 3. The van der Waals surface area contributed by atoms with Crippen molar-refractivity contribution in [3.8, 4) is 5.88 Å². The number of hydrogen-bond acceptors (Lipinski definition) is 7. The van der Waals surface area contributed by atoms with Crippen LogP contribution in [0.4, 0.5) is 10.7 Å². The maximum atomic E-state index is 11.8. The summed E-state index contributed by atoms with van der Waals surface area (Å²) in [4.78, 5) is 20.2. The maximum absolute atomic E-state index is 11.8. The molecule has 1 aromatic rings. The molecule has 1 saturated carbocycles. The number of ether oxygens (including phenoxy) is 2. The molecule has 2 rings (SSSR count). The standard InChI is InChI=1S/C17H28N4O4/c1-17(2,3)25-16(23)20-12-4-6-13(7-5-12)24-14-8-9-18-15(21-14)19-10-11-22/h8-9,12-13,22H,4-7,10-11H2,1-3H3,(H,20,23)(H,18,19,21). The molecule has 0 aliphatic heterocycles. The Morgan fingerprint density at radius 3 is 2.68 bits per heavy atom. The first kappa shape index (κ1) is 19.2. The van der Waals surface area contributed by atoms with E-state index in [1.54, 1.807) is 12.3 Å². The van der Waals surface area contributed by atoms with Gasteiger partial charge in [-0.1, -0.05) is 0 Å². The van der Waals surface area contributed by atoms with Crippen molar-refractivity contribution in [2.45, 2.75) is 64.2 Å². The number of aromatic nitrogens is 2. The minimum absolute atomic E-state index is 0.0170. The largest absolute Gasteiger partial charge is 0.474 e. The van der Waals surface area contributed by atoms with Gasteiger partial charge in [0.2, 0.25) is 11.8 Å². The Hall–Kier alpha value is -2.09. The maximum Gasteiger partial charge on any atom is 0.407 e. The molecule has 1 aromatic heterocycles. The highest BCUT2D eigenvalue weighted by Gasteiger charge is 2.25. The van der Waals surface area contributed by atoms with Gasteiger partial charge in [-0.05, 0) is 46.5 Å². The van der Waals surface area contributed by atoms with Crippen molar-refractivity contribution in [1.29, 1.82) is 0 Å². The molecule has 0 radical (unpaired) electrons. The minimum atomic E-state index is -0.487. The third-order valence-electron chi connectivity index (χ3n) is 3.71. The van der Waals surface area contributed by atoms with Crippen LogP contribution in [0.1, 0.15) is 46.5 Å². The van der Waals surface area contributed by atoms with E-state index in [1.807, 2.05) is 20.8 Å². The first-order valence-corrected chi connectivity index (χ1v) is 8.69. The Labute approximate surface area is 148 Å². The summed E-state index contributed by atoms with van der Waals surface area (Å²) < 4.78 is 11.2. The second-order valence-corrected chi connectivity index (χ2v) is 7.11. The van der Waals surface area contributed by atoms with Crippen LogP contribution in [0.3, 0.4) is 0 Å². The lowest BCUT2D eigenvalue weighted by Gasteiger charge is -2.30. The average molecular weight is 352 g/mol. The van der Waals surface area contributed by atoms with Gasteiger partial charge in [-0.2, -0.15) is 4.98 Å². The number of nitrogens with zero attached hydrogens (tertiary/aromatic N) is 2. The van der Waals surface area contributed by atoms with Crippen LogP contribution < -0.4 is 15.4 Å². The molecule has 1 fully saturated rings. The molecular formula is C17H28N4O4. The Kier molecular flexibility index (Phi) is 6.81. The Balaban J connectivity index is 1.76. The van der Waals surface area contributed by atoms with Crippen molar-refractivity contribution >= 4 is 12.0 Å². The molecule has 8 nitrogen and oxygen atoms in total. The summed E-state index contributed by atoms with van der Waals surface area (Å²) in [6.07, 6.45) is 4.67.